The van der Waals surface area contributed by atoms with Crippen molar-refractivity contribution in [1.82, 2.24) is 5.32 Å². The molecule has 1 atom stereocenters. The number of benzene rings is 2. The number of rotatable bonds is 3. The molecule has 2 N–H and O–H groups in total. The normalized spacial score (nSPS) is 19.0. The molecule has 4 rings (SSSR count). The van der Waals surface area contributed by atoms with Crippen molar-refractivity contribution in [3.63, 3.8) is 0 Å². The van der Waals surface area contributed by atoms with Gasteiger partial charge in [0.1, 0.15) is 5.82 Å². The van der Waals surface area contributed by atoms with Gasteiger partial charge in [0.05, 0.1) is 0 Å². The fraction of sp³-hybridized carbons (Fsp3) is 0.217. The average molecular weight is 411 g/mol. The van der Waals surface area contributed by atoms with E-state index in [4.69, 9.17) is 11.6 Å². The fourth-order valence-corrected chi connectivity index (χ4v) is 4.16. The van der Waals surface area contributed by atoms with Crippen LogP contribution in [0.4, 0.5) is 10.1 Å². The molecule has 0 bridgehead atoms. The van der Waals surface area contributed by atoms with Gasteiger partial charge in [-0.2, -0.15) is 0 Å². The first-order valence-electron chi connectivity index (χ1n) is 9.50. The number of carbonyl (C=O) groups is 2. The van der Waals surface area contributed by atoms with E-state index < -0.39 is 11.7 Å². The van der Waals surface area contributed by atoms with Crippen LogP contribution in [0.15, 0.2) is 71.1 Å². The van der Waals surface area contributed by atoms with Gasteiger partial charge in [0, 0.05) is 45.6 Å². The average Bonchev–Trinajstić information content (AvgIpc) is 2.67. The second-order valence-corrected chi connectivity index (χ2v) is 7.72. The monoisotopic (exact) mass is 410 g/mol. The predicted molar refractivity (Wildman–Crippen MR) is 111 cm³/mol. The molecule has 1 amide bonds. The van der Waals surface area contributed by atoms with Crippen molar-refractivity contribution in [2.75, 3.05) is 5.32 Å². The lowest BCUT2D eigenvalue weighted by atomic mass is 9.75. The molecular weight excluding hydrogens is 391 g/mol. The molecule has 1 aliphatic heterocycles. The highest BCUT2D eigenvalue weighted by molar-refractivity contribution is 6.30. The summed E-state index contributed by atoms with van der Waals surface area (Å²) >= 11 is 6.05. The summed E-state index contributed by atoms with van der Waals surface area (Å²) in [6.45, 7) is 1.83. The van der Waals surface area contributed by atoms with Crippen LogP contribution >= 0.6 is 11.6 Å². The summed E-state index contributed by atoms with van der Waals surface area (Å²) in [5.74, 6) is -1.26. The summed E-state index contributed by atoms with van der Waals surface area (Å²) < 4.78 is 13.5. The van der Waals surface area contributed by atoms with Gasteiger partial charge in [0.15, 0.2) is 5.78 Å². The Bertz CT molecular complexity index is 1060. The molecule has 1 aliphatic carbocycles. The number of nitrogens with one attached hydrogen (secondary N) is 2. The molecule has 0 saturated carbocycles. The van der Waals surface area contributed by atoms with Crippen LogP contribution in [0.1, 0.15) is 37.7 Å². The minimum absolute atomic E-state index is 0.0438. The maximum Gasteiger partial charge on any atom is 0.254 e. The van der Waals surface area contributed by atoms with E-state index in [1.54, 1.807) is 18.2 Å². The van der Waals surface area contributed by atoms with Crippen molar-refractivity contribution >= 4 is 29.0 Å². The standard InChI is InChI=1S/C23H20ClFN2O2/c1-13-20(23(29)27-17-5-2-4-16(25)12-17)21(14-8-10-15(24)11-9-14)22-18(26-13)6-3-7-19(22)28/h2,4-5,8-12,21,26H,3,6-7H2,1H3,(H,27,29)/t21-/m1/s1. The highest BCUT2D eigenvalue weighted by Gasteiger charge is 2.38. The molecule has 148 valence electrons. The maximum absolute atomic E-state index is 13.5. The van der Waals surface area contributed by atoms with E-state index in [1.807, 2.05) is 19.1 Å². The highest BCUT2D eigenvalue weighted by Crippen LogP contribution is 2.42. The number of ketones is 1. The van der Waals surface area contributed by atoms with Gasteiger partial charge < -0.3 is 10.6 Å². The molecule has 0 fully saturated rings. The van der Waals surface area contributed by atoms with Gasteiger partial charge in [-0.05, 0) is 55.7 Å². The van der Waals surface area contributed by atoms with E-state index in [2.05, 4.69) is 10.6 Å². The van der Waals surface area contributed by atoms with Crippen molar-refractivity contribution in [1.29, 1.82) is 0 Å². The van der Waals surface area contributed by atoms with Crippen LogP contribution in [0.5, 0.6) is 0 Å². The first-order chi connectivity index (χ1) is 13.9. The number of hydrogen-bond acceptors (Lipinski definition) is 3. The Morgan fingerprint density at radius 2 is 1.93 bits per heavy atom. The number of halogens is 2. The van der Waals surface area contributed by atoms with E-state index in [0.717, 1.165) is 24.1 Å². The van der Waals surface area contributed by atoms with Crippen molar-refractivity contribution in [3.05, 3.63) is 87.5 Å². The van der Waals surface area contributed by atoms with E-state index in [1.165, 1.54) is 18.2 Å². The Balaban J connectivity index is 1.78. The van der Waals surface area contributed by atoms with Crippen LogP contribution < -0.4 is 10.6 Å². The van der Waals surface area contributed by atoms with Crippen molar-refractivity contribution in [2.24, 2.45) is 0 Å². The molecule has 6 heteroatoms. The molecule has 29 heavy (non-hydrogen) atoms. The smallest absolute Gasteiger partial charge is 0.254 e. The zero-order valence-corrected chi connectivity index (χ0v) is 16.6. The van der Waals surface area contributed by atoms with Crippen molar-refractivity contribution in [2.45, 2.75) is 32.1 Å². The molecule has 1 heterocycles. The Hall–Kier alpha value is -2.92. The lowest BCUT2D eigenvalue weighted by molar-refractivity contribution is -0.116. The lowest BCUT2D eigenvalue weighted by Crippen LogP contribution is -2.35. The number of Topliss-reactive ketones (excluding diaryl/α,β-unsaturated/α-hetero) is 1. The number of hydrogen-bond donors (Lipinski definition) is 2. The summed E-state index contributed by atoms with van der Waals surface area (Å²) in [4.78, 5) is 26.1. The van der Waals surface area contributed by atoms with Gasteiger partial charge in [-0.3, -0.25) is 9.59 Å². The zero-order chi connectivity index (χ0) is 20.5. The van der Waals surface area contributed by atoms with Crippen LogP contribution in [-0.2, 0) is 9.59 Å². The van der Waals surface area contributed by atoms with Crippen molar-refractivity contribution < 1.29 is 14.0 Å². The van der Waals surface area contributed by atoms with Gasteiger partial charge in [-0.15, -0.1) is 0 Å². The Kier molecular flexibility index (Phi) is 5.24. The molecule has 0 radical (unpaired) electrons. The topological polar surface area (TPSA) is 58.2 Å². The second-order valence-electron chi connectivity index (χ2n) is 7.28. The van der Waals surface area contributed by atoms with E-state index in [0.29, 0.717) is 34.0 Å². The highest BCUT2D eigenvalue weighted by atomic mass is 35.5. The van der Waals surface area contributed by atoms with Gasteiger partial charge in [-0.25, -0.2) is 4.39 Å². The van der Waals surface area contributed by atoms with Gasteiger partial charge in [0.2, 0.25) is 0 Å². The summed E-state index contributed by atoms with van der Waals surface area (Å²) in [6, 6.07) is 12.9. The number of anilines is 1. The molecule has 4 nitrogen and oxygen atoms in total. The van der Waals surface area contributed by atoms with Gasteiger partial charge >= 0.3 is 0 Å². The van der Waals surface area contributed by atoms with E-state index in [9.17, 15) is 14.0 Å². The Morgan fingerprint density at radius 3 is 2.66 bits per heavy atom. The maximum atomic E-state index is 13.5. The minimum atomic E-state index is -0.495. The molecule has 2 aromatic rings. The third kappa shape index (κ3) is 3.83. The minimum Gasteiger partial charge on any atom is -0.362 e. The molecule has 2 aromatic carbocycles. The molecule has 0 unspecified atom stereocenters. The molecule has 2 aliphatic rings. The summed E-state index contributed by atoms with van der Waals surface area (Å²) in [6.07, 6.45) is 2.01. The fourth-order valence-electron chi connectivity index (χ4n) is 4.04. The summed E-state index contributed by atoms with van der Waals surface area (Å²) in [5.41, 5.74) is 3.83. The van der Waals surface area contributed by atoms with Crippen molar-refractivity contribution in [3.8, 4) is 0 Å². The molecule has 0 aromatic heterocycles. The van der Waals surface area contributed by atoms with Crippen LogP contribution in [0, 0.1) is 5.82 Å². The van der Waals surface area contributed by atoms with E-state index in [-0.39, 0.29) is 11.7 Å². The van der Waals surface area contributed by atoms with Crippen LogP contribution in [0.3, 0.4) is 0 Å². The SMILES string of the molecule is CC1=C(C(=O)Nc2cccc(F)c2)[C@@H](c2ccc(Cl)cc2)C2=C(CCCC2=O)N1. The van der Waals surface area contributed by atoms with Gasteiger partial charge in [0.25, 0.3) is 5.91 Å². The summed E-state index contributed by atoms with van der Waals surface area (Å²) in [5, 5.41) is 6.61. The number of amides is 1. The summed E-state index contributed by atoms with van der Waals surface area (Å²) in [7, 11) is 0. The third-order valence-electron chi connectivity index (χ3n) is 5.31. The molecule has 0 spiro atoms. The van der Waals surface area contributed by atoms with Crippen LogP contribution in [0.2, 0.25) is 5.02 Å². The third-order valence-corrected chi connectivity index (χ3v) is 5.56. The Labute approximate surface area is 173 Å². The van der Waals surface area contributed by atoms with Crippen LogP contribution in [-0.4, -0.2) is 11.7 Å². The lowest BCUT2D eigenvalue weighted by Gasteiger charge is -2.34. The predicted octanol–water partition coefficient (Wildman–Crippen LogP) is 5.09. The van der Waals surface area contributed by atoms with E-state index >= 15 is 0 Å². The zero-order valence-electron chi connectivity index (χ0n) is 15.9. The molecular formula is C23H20ClFN2O2. The second kappa shape index (κ2) is 7.84. The van der Waals surface area contributed by atoms with Gasteiger partial charge in [-0.1, -0.05) is 29.8 Å². The Morgan fingerprint density at radius 1 is 1.17 bits per heavy atom. The molecule has 0 saturated heterocycles. The largest absolute Gasteiger partial charge is 0.362 e. The van der Waals surface area contributed by atoms with Crippen LogP contribution in [0.25, 0.3) is 0 Å². The number of carbonyl (C=O) groups excluding carboxylic acids is 2. The quantitative estimate of drug-likeness (QED) is 0.741. The first-order valence-corrected chi connectivity index (χ1v) is 9.88. The first kappa shape index (κ1) is 19.4. The number of allylic oxidation sites excluding steroid dienone is 3. The number of dihydropyridines is 1.